The van der Waals surface area contributed by atoms with Gasteiger partial charge in [0.15, 0.2) is 0 Å². The molecule has 16 heavy (non-hydrogen) atoms. The molecule has 1 aromatic rings. The predicted molar refractivity (Wildman–Crippen MR) is 55.3 cm³/mol. The number of aromatic amines is 1. The maximum atomic E-state index is 11.6. The molecule has 1 unspecified atom stereocenters. The lowest BCUT2D eigenvalue weighted by molar-refractivity contribution is -0.141. The molecule has 1 heterocycles. The fourth-order valence-electron chi connectivity index (χ4n) is 1.27. The van der Waals surface area contributed by atoms with Crippen molar-refractivity contribution in [2.75, 3.05) is 7.05 Å². The zero-order chi connectivity index (χ0) is 12.1. The Bertz CT molecular complexity index is 363. The molecule has 0 aliphatic carbocycles. The van der Waals surface area contributed by atoms with E-state index in [-0.39, 0.29) is 6.42 Å². The molecule has 4 N–H and O–H groups in total. The Morgan fingerprint density at radius 1 is 1.69 bits per heavy atom. The summed E-state index contributed by atoms with van der Waals surface area (Å²) in [5, 5.41) is 14.9. The summed E-state index contributed by atoms with van der Waals surface area (Å²) in [6, 6.07) is -1.01. The van der Waals surface area contributed by atoms with Crippen LogP contribution in [0.2, 0.25) is 0 Å². The lowest BCUT2D eigenvalue weighted by atomic mass is 10.2. The fraction of sp³-hybridized carbons (Fsp3) is 0.444. The molecule has 1 aromatic heterocycles. The van der Waals surface area contributed by atoms with E-state index in [0.717, 1.165) is 5.56 Å². The van der Waals surface area contributed by atoms with Gasteiger partial charge in [-0.3, -0.25) is 14.7 Å². The number of carbonyl (C=O) groups excluding carboxylic acids is 1. The highest BCUT2D eigenvalue weighted by Gasteiger charge is 2.20. The number of carboxylic acid groups (broad SMARTS) is 1. The third-order valence-electron chi connectivity index (χ3n) is 2.06. The average molecular weight is 226 g/mol. The van der Waals surface area contributed by atoms with Crippen LogP contribution >= 0.6 is 0 Å². The molecule has 7 nitrogen and oxygen atoms in total. The molecule has 1 atom stereocenters. The van der Waals surface area contributed by atoms with Crippen LogP contribution in [0, 0.1) is 0 Å². The third-order valence-corrected chi connectivity index (χ3v) is 2.06. The first-order valence-electron chi connectivity index (χ1n) is 4.70. The third kappa shape index (κ3) is 3.35. The highest BCUT2D eigenvalue weighted by Crippen LogP contribution is 2.02. The van der Waals surface area contributed by atoms with Crippen LogP contribution < -0.4 is 5.73 Å². The molecule has 0 fully saturated rings. The highest BCUT2D eigenvalue weighted by atomic mass is 16.4. The van der Waals surface area contributed by atoms with E-state index in [1.807, 2.05) is 0 Å². The van der Waals surface area contributed by atoms with Crippen molar-refractivity contribution < 1.29 is 14.7 Å². The number of hydrogen-bond acceptors (Lipinski definition) is 4. The van der Waals surface area contributed by atoms with Gasteiger partial charge in [0.05, 0.1) is 18.7 Å². The summed E-state index contributed by atoms with van der Waals surface area (Å²) >= 11 is 0. The van der Waals surface area contributed by atoms with Crippen molar-refractivity contribution in [3.63, 3.8) is 0 Å². The molecule has 1 amide bonds. The van der Waals surface area contributed by atoms with Crippen molar-refractivity contribution in [2.24, 2.45) is 5.73 Å². The van der Waals surface area contributed by atoms with Gasteiger partial charge < -0.3 is 15.7 Å². The maximum absolute atomic E-state index is 11.6. The van der Waals surface area contributed by atoms with Gasteiger partial charge in [0.2, 0.25) is 5.91 Å². The number of aromatic nitrogens is 2. The maximum Gasteiger partial charge on any atom is 0.305 e. The van der Waals surface area contributed by atoms with Crippen molar-refractivity contribution in [3.8, 4) is 0 Å². The first kappa shape index (κ1) is 12.2. The Kier molecular flexibility index (Phi) is 4.01. The molecule has 88 valence electrons. The number of nitrogens with one attached hydrogen (secondary N) is 1. The number of carbonyl (C=O) groups is 2. The first-order chi connectivity index (χ1) is 7.50. The monoisotopic (exact) mass is 226 g/mol. The number of nitrogens with two attached hydrogens (primary N) is 1. The van der Waals surface area contributed by atoms with Crippen molar-refractivity contribution in [2.45, 2.75) is 19.0 Å². The van der Waals surface area contributed by atoms with Crippen LogP contribution in [0.1, 0.15) is 12.0 Å². The zero-order valence-corrected chi connectivity index (χ0v) is 8.88. The van der Waals surface area contributed by atoms with Crippen molar-refractivity contribution in [3.05, 3.63) is 18.0 Å². The Balaban J connectivity index is 2.50. The molecule has 0 saturated carbocycles. The van der Waals surface area contributed by atoms with Crippen LogP contribution in [0.4, 0.5) is 0 Å². The number of carboxylic acids is 1. The normalized spacial score (nSPS) is 12.1. The van der Waals surface area contributed by atoms with E-state index in [2.05, 4.69) is 10.2 Å². The summed E-state index contributed by atoms with van der Waals surface area (Å²) in [6.07, 6.45) is 2.88. The Morgan fingerprint density at radius 3 is 2.88 bits per heavy atom. The van der Waals surface area contributed by atoms with Gasteiger partial charge in [-0.1, -0.05) is 0 Å². The second kappa shape index (κ2) is 5.26. The van der Waals surface area contributed by atoms with Gasteiger partial charge >= 0.3 is 5.97 Å². The molecule has 0 spiro atoms. The molecular weight excluding hydrogens is 212 g/mol. The summed E-state index contributed by atoms with van der Waals surface area (Å²) < 4.78 is 0. The van der Waals surface area contributed by atoms with Crippen LogP contribution in [0.5, 0.6) is 0 Å². The topological polar surface area (TPSA) is 112 Å². The number of rotatable bonds is 5. The van der Waals surface area contributed by atoms with E-state index in [1.165, 1.54) is 4.90 Å². The standard InChI is InChI=1S/C9H14N4O3/c1-13(5-6-3-11-12-4-6)9(16)7(10)2-8(14)15/h3-4,7H,2,5,10H2,1H3,(H,11,12)(H,14,15). The molecule has 7 heteroatoms. The second-order valence-electron chi connectivity index (χ2n) is 3.51. The van der Waals surface area contributed by atoms with Gasteiger partial charge in [0.1, 0.15) is 0 Å². The summed E-state index contributed by atoms with van der Waals surface area (Å²) in [5.74, 6) is -1.49. The number of nitrogens with zero attached hydrogens (tertiary/aromatic N) is 2. The number of amides is 1. The fourth-order valence-corrected chi connectivity index (χ4v) is 1.27. The van der Waals surface area contributed by atoms with E-state index < -0.39 is 17.9 Å². The van der Waals surface area contributed by atoms with Gasteiger partial charge in [0, 0.05) is 25.4 Å². The minimum atomic E-state index is -1.09. The van der Waals surface area contributed by atoms with Crippen LogP contribution in [0.3, 0.4) is 0 Å². The minimum Gasteiger partial charge on any atom is -0.481 e. The minimum absolute atomic E-state index is 0.350. The van der Waals surface area contributed by atoms with Gasteiger partial charge in [-0.05, 0) is 0 Å². The lowest BCUT2D eigenvalue weighted by Gasteiger charge is -2.19. The van der Waals surface area contributed by atoms with Crippen LogP contribution in [0.25, 0.3) is 0 Å². The predicted octanol–water partition coefficient (Wildman–Crippen LogP) is -0.830. The summed E-state index contributed by atoms with van der Waals surface area (Å²) in [5.41, 5.74) is 6.28. The summed E-state index contributed by atoms with van der Waals surface area (Å²) in [7, 11) is 1.57. The second-order valence-corrected chi connectivity index (χ2v) is 3.51. The van der Waals surface area contributed by atoms with E-state index in [4.69, 9.17) is 10.8 Å². The number of aliphatic carboxylic acids is 1. The molecular formula is C9H14N4O3. The Hall–Kier alpha value is -1.89. The number of likely N-dealkylation sites (N-methyl/N-ethyl adjacent to an activating group) is 1. The zero-order valence-electron chi connectivity index (χ0n) is 8.88. The first-order valence-corrected chi connectivity index (χ1v) is 4.70. The van der Waals surface area contributed by atoms with Gasteiger partial charge in [-0.25, -0.2) is 0 Å². The van der Waals surface area contributed by atoms with Crippen LogP contribution in [-0.2, 0) is 16.1 Å². The molecule has 0 aliphatic rings. The van der Waals surface area contributed by atoms with Crippen molar-refractivity contribution in [1.82, 2.24) is 15.1 Å². The van der Waals surface area contributed by atoms with E-state index in [1.54, 1.807) is 19.4 Å². The number of H-pyrrole nitrogens is 1. The van der Waals surface area contributed by atoms with Gasteiger partial charge in [0.25, 0.3) is 0 Å². The summed E-state index contributed by atoms with van der Waals surface area (Å²) in [4.78, 5) is 23.4. The highest BCUT2D eigenvalue weighted by molar-refractivity contribution is 5.85. The van der Waals surface area contributed by atoms with E-state index in [0.29, 0.717) is 6.54 Å². The quantitative estimate of drug-likeness (QED) is 0.606. The van der Waals surface area contributed by atoms with Crippen LogP contribution in [0.15, 0.2) is 12.4 Å². The molecule has 0 bridgehead atoms. The Labute approximate surface area is 92.2 Å². The molecule has 0 radical (unpaired) electrons. The molecule has 0 aromatic carbocycles. The Morgan fingerprint density at radius 2 is 2.38 bits per heavy atom. The lowest BCUT2D eigenvalue weighted by Crippen LogP contribution is -2.42. The smallest absolute Gasteiger partial charge is 0.305 e. The van der Waals surface area contributed by atoms with Gasteiger partial charge in [-0.2, -0.15) is 5.10 Å². The SMILES string of the molecule is CN(Cc1cn[nH]c1)C(=O)C(N)CC(=O)O. The van der Waals surface area contributed by atoms with Gasteiger partial charge in [-0.15, -0.1) is 0 Å². The molecule has 0 saturated heterocycles. The van der Waals surface area contributed by atoms with Crippen LogP contribution in [-0.4, -0.2) is 45.2 Å². The molecule has 0 aliphatic heterocycles. The summed E-state index contributed by atoms with van der Waals surface area (Å²) in [6.45, 7) is 0.350. The van der Waals surface area contributed by atoms with Crippen molar-refractivity contribution in [1.29, 1.82) is 0 Å². The number of hydrogen-bond donors (Lipinski definition) is 3. The molecule has 1 rings (SSSR count). The van der Waals surface area contributed by atoms with Crippen molar-refractivity contribution >= 4 is 11.9 Å². The van der Waals surface area contributed by atoms with E-state index >= 15 is 0 Å². The largest absolute Gasteiger partial charge is 0.481 e. The van der Waals surface area contributed by atoms with E-state index in [9.17, 15) is 9.59 Å². The average Bonchev–Trinajstić information content (AvgIpc) is 2.68.